The van der Waals surface area contributed by atoms with E-state index in [2.05, 4.69) is 10.0 Å². The van der Waals surface area contributed by atoms with E-state index in [1.54, 1.807) is 18.9 Å². The predicted octanol–water partition coefficient (Wildman–Crippen LogP) is 3.07. The van der Waals surface area contributed by atoms with Gasteiger partial charge >= 0.3 is 0 Å². The fourth-order valence-electron chi connectivity index (χ4n) is 4.21. The Kier molecular flexibility index (Phi) is 8.79. The van der Waals surface area contributed by atoms with Crippen LogP contribution < -0.4 is 10.0 Å². The summed E-state index contributed by atoms with van der Waals surface area (Å²) >= 11 is 0. The minimum atomic E-state index is -3.70. The molecule has 1 saturated carbocycles. The number of carbonyl (C=O) groups is 2. The van der Waals surface area contributed by atoms with Crippen LogP contribution in [0.1, 0.15) is 38.2 Å². The minimum Gasteiger partial charge on any atom is -0.344 e. The molecule has 34 heavy (non-hydrogen) atoms. The van der Waals surface area contributed by atoms with Gasteiger partial charge in [0.15, 0.2) is 0 Å². The maximum Gasteiger partial charge on any atom is 0.244 e. The average Bonchev–Trinajstić information content (AvgIpc) is 2.83. The van der Waals surface area contributed by atoms with Gasteiger partial charge in [-0.2, -0.15) is 0 Å². The molecule has 0 heterocycles. The number of nitrogens with one attached hydrogen (secondary N) is 2. The van der Waals surface area contributed by atoms with E-state index in [4.69, 9.17) is 0 Å². The van der Waals surface area contributed by atoms with E-state index in [1.165, 1.54) is 12.1 Å². The lowest BCUT2D eigenvalue weighted by atomic mass is 9.81. The van der Waals surface area contributed by atoms with Crippen molar-refractivity contribution in [1.29, 1.82) is 0 Å². The molecule has 7 nitrogen and oxygen atoms in total. The summed E-state index contributed by atoms with van der Waals surface area (Å²) in [4.78, 5) is 27.0. The average molecular weight is 490 g/mol. The standard InChI is InChI=1S/C25H32FN3O4S/c1-18(25(31)29(2)17-20-6-4-3-5-7-20)28-24(30)21-10-8-19(9-11-21)16-27-34(32,33)23-14-12-22(26)13-15-23/h3-7,12-15,18-19,21,27H,8-11,16-17H2,1-2H3,(H,28,30)/t18-,19?,21?/m1/s1. The van der Waals surface area contributed by atoms with Crippen molar-refractivity contribution in [2.24, 2.45) is 11.8 Å². The Balaban J connectivity index is 1.42. The normalized spacial score (nSPS) is 19.3. The lowest BCUT2D eigenvalue weighted by molar-refractivity contribution is -0.136. The molecule has 0 unspecified atom stereocenters. The van der Waals surface area contributed by atoms with Gasteiger partial charge in [-0.25, -0.2) is 17.5 Å². The highest BCUT2D eigenvalue weighted by Gasteiger charge is 2.29. The van der Waals surface area contributed by atoms with Crippen molar-refractivity contribution in [3.8, 4) is 0 Å². The predicted molar refractivity (Wildman–Crippen MR) is 128 cm³/mol. The van der Waals surface area contributed by atoms with E-state index < -0.39 is 21.9 Å². The summed E-state index contributed by atoms with van der Waals surface area (Å²) in [6.45, 7) is 2.43. The van der Waals surface area contributed by atoms with Gasteiger partial charge in [-0.1, -0.05) is 30.3 Å². The SMILES string of the molecule is C[C@@H](NC(=O)C1CCC(CNS(=O)(=O)c2ccc(F)cc2)CC1)C(=O)N(C)Cc1ccccc1. The number of rotatable bonds is 9. The molecule has 3 rings (SSSR count). The molecule has 0 aliphatic heterocycles. The molecule has 9 heteroatoms. The summed E-state index contributed by atoms with van der Waals surface area (Å²) in [7, 11) is -1.98. The summed E-state index contributed by atoms with van der Waals surface area (Å²) in [5, 5.41) is 2.84. The number of amides is 2. The van der Waals surface area contributed by atoms with Crippen LogP contribution in [0.4, 0.5) is 4.39 Å². The van der Waals surface area contributed by atoms with Crippen LogP contribution in [0.5, 0.6) is 0 Å². The van der Waals surface area contributed by atoms with Crippen LogP contribution >= 0.6 is 0 Å². The van der Waals surface area contributed by atoms with E-state index in [1.807, 2.05) is 30.3 Å². The molecular formula is C25H32FN3O4S. The van der Waals surface area contributed by atoms with E-state index in [0.29, 0.717) is 32.2 Å². The van der Waals surface area contributed by atoms with Crippen molar-refractivity contribution in [3.63, 3.8) is 0 Å². The van der Waals surface area contributed by atoms with Gasteiger partial charge in [0.2, 0.25) is 21.8 Å². The molecule has 2 N–H and O–H groups in total. The van der Waals surface area contributed by atoms with Gasteiger partial charge in [0.25, 0.3) is 0 Å². The third kappa shape index (κ3) is 7.11. The number of carbonyl (C=O) groups excluding carboxylic acids is 2. The zero-order valence-corrected chi connectivity index (χ0v) is 20.4. The molecule has 0 spiro atoms. The highest BCUT2D eigenvalue weighted by molar-refractivity contribution is 7.89. The molecule has 1 aliphatic rings. The first-order valence-electron chi connectivity index (χ1n) is 11.5. The molecule has 1 aliphatic carbocycles. The second kappa shape index (κ2) is 11.6. The van der Waals surface area contributed by atoms with Crippen molar-refractivity contribution in [3.05, 3.63) is 66.0 Å². The van der Waals surface area contributed by atoms with Gasteiger partial charge in [0.05, 0.1) is 4.90 Å². The van der Waals surface area contributed by atoms with Crippen molar-refractivity contribution in [1.82, 2.24) is 14.9 Å². The number of nitrogens with zero attached hydrogens (tertiary/aromatic N) is 1. The van der Waals surface area contributed by atoms with Crippen molar-refractivity contribution in [2.45, 2.75) is 50.1 Å². The van der Waals surface area contributed by atoms with Crippen molar-refractivity contribution < 1.29 is 22.4 Å². The lowest BCUT2D eigenvalue weighted by Crippen LogP contribution is -2.47. The van der Waals surface area contributed by atoms with Gasteiger partial charge in [0, 0.05) is 26.1 Å². The van der Waals surface area contributed by atoms with E-state index >= 15 is 0 Å². The summed E-state index contributed by atoms with van der Waals surface area (Å²) < 4.78 is 40.4. The molecule has 2 aromatic carbocycles. The van der Waals surface area contributed by atoms with Crippen LogP contribution in [-0.2, 0) is 26.2 Å². The van der Waals surface area contributed by atoms with Gasteiger partial charge in [-0.3, -0.25) is 9.59 Å². The van der Waals surface area contributed by atoms with Crippen LogP contribution in [0.2, 0.25) is 0 Å². The Morgan fingerprint density at radius 3 is 2.26 bits per heavy atom. The molecule has 0 radical (unpaired) electrons. The number of hydrogen-bond donors (Lipinski definition) is 2. The van der Waals surface area contributed by atoms with E-state index in [9.17, 15) is 22.4 Å². The second-order valence-electron chi connectivity index (χ2n) is 8.93. The summed E-state index contributed by atoms with van der Waals surface area (Å²) in [5.41, 5.74) is 1.02. The first-order chi connectivity index (χ1) is 16.2. The van der Waals surface area contributed by atoms with Crippen molar-refractivity contribution >= 4 is 21.8 Å². The van der Waals surface area contributed by atoms with Gasteiger partial charge in [-0.15, -0.1) is 0 Å². The Labute approximate surface area is 200 Å². The van der Waals surface area contributed by atoms with Crippen LogP contribution in [0.25, 0.3) is 0 Å². The molecule has 184 valence electrons. The zero-order chi connectivity index (χ0) is 24.7. The zero-order valence-electron chi connectivity index (χ0n) is 19.5. The third-order valence-corrected chi connectivity index (χ3v) is 7.71. The molecule has 2 amide bonds. The largest absolute Gasteiger partial charge is 0.344 e. The Bertz CT molecular complexity index is 1070. The molecule has 0 aromatic heterocycles. The Morgan fingerprint density at radius 2 is 1.65 bits per heavy atom. The molecule has 1 atom stereocenters. The maximum atomic E-state index is 13.0. The molecule has 1 fully saturated rings. The highest BCUT2D eigenvalue weighted by atomic mass is 32.2. The van der Waals surface area contributed by atoms with Gasteiger partial charge < -0.3 is 10.2 Å². The molecule has 0 saturated heterocycles. The van der Waals surface area contributed by atoms with Crippen LogP contribution in [0.15, 0.2) is 59.5 Å². The second-order valence-corrected chi connectivity index (χ2v) is 10.7. The smallest absolute Gasteiger partial charge is 0.244 e. The monoisotopic (exact) mass is 489 g/mol. The van der Waals surface area contributed by atoms with Crippen LogP contribution in [-0.4, -0.2) is 44.8 Å². The fourth-order valence-corrected chi connectivity index (χ4v) is 5.33. The number of likely N-dealkylation sites (N-methyl/N-ethyl adjacent to an activating group) is 1. The molecular weight excluding hydrogens is 457 g/mol. The molecule has 0 bridgehead atoms. The number of halogens is 1. The summed E-state index contributed by atoms with van der Waals surface area (Å²) in [6, 6.07) is 13.7. The van der Waals surface area contributed by atoms with E-state index in [0.717, 1.165) is 17.7 Å². The lowest BCUT2D eigenvalue weighted by Gasteiger charge is -2.29. The first kappa shape index (κ1) is 25.8. The molecule has 2 aromatic rings. The quantitative estimate of drug-likeness (QED) is 0.566. The van der Waals surface area contributed by atoms with Crippen LogP contribution in [0, 0.1) is 17.7 Å². The minimum absolute atomic E-state index is 0.0258. The Hall–Kier alpha value is -2.78. The van der Waals surface area contributed by atoms with Crippen LogP contribution in [0.3, 0.4) is 0 Å². The first-order valence-corrected chi connectivity index (χ1v) is 13.0. The summed E-state index contributed by atoms with van der Waals surface area (Å²) in [5.74, 6) is -0.857. The number of sulfonamides is 1. The number of hydrogen-bond acceptors (Lipinski definition) is 4. The van der Waals surface area contributed by atoms with E-state index in [-0.39, 0.29) is 35.1 Å². The Morgan fingerprint density at radius 1 is 1.03 bits per heavy atom. The van der Waals surface area contributed by atoms with Gasteiger partial charge in [-0.05, 0) is 68.4 Å². The topological polar surface area (TPSA) is 95.6 Å². The van der Waals surface area contributed by atoms with Gasteiger partial charge in [0.1, 0.15) is 11.9 Å². The maximum absolute atomic E-state index is 13.0. The third-order valence-electron chi connectivity index (χ3n) is 6.27. The highest BCUT2D eigenvalue weighted by Crippen LogP contribution is 2.29. The van der Waals surface area contributed by atoms with Crippen molar-refractivity contribution in [2.75, 3.05) is 13.6 Å². The number of benzene rings is 2. The summed E-state index contributed by atoms with van der Waals surface area (Å²) in [6.07, 6.45) is 2.69. The fraction of sp³-hybridized carbons (Fsp3) is 0.440.